The molecule has 0 amide bonds. The zero-order valence-electron chi connectivity index (χ0n) is 10.5. The lowest BCUT2D eigenvalue weighted by molar-refractivity contribution is 0.186. The molecule has 2 aliphatic rings. The summed E-state index contributed by atoms with van der Waals surface area (Å²) < 4.78 is 0. The number of rotatable bonds is 3. The van der Waals surface area contributed by atoms with E-state index in [-0.39, 0.29) is 24.7 Å². The molecule has 2 rings (SSSR count). The van der Waals surface area contributed by atoms with E-state index < -0.39 is 0 Å². The zero-order valence-corrected chi connectivity index (χ0v) is 10.5. The van der Waals surface area contributed by atoms with Gasteiger partial charge in [-0.15, -0.1) is 0 Å². The Morgan fingerprint density at radius 1 is 1.31 bits per heavy atom. The monoisotopic (exact) mass is 225 g/mol. The Balaban J connectivity index is 2.27. The highest BCUT2D eigenvalue weighted by Gasteiger charge is 2.59. The van der Waals surface area contributed by atoms with Gasteiger partial charge in [-0.2, -0.15) is 0 Å². The maximum Gasteiger partial charge on any atom is 0.0960 e. The van der Waals surface area contributed by atoms with Gasteiger partial charge >= 0.3 is 0 Å². The first-order valence-corrected chi connectivity index (χ1v) is 6.24. The molecular formula is C13H23NO2. The van der Waals surface area contributed by atoms with Crippen LogP contribution in [0.5, 0.6) is 0 Å². The van der Waals surface area contributed by atoms with Crippen molar-refractivity contribution in [3.63, 3.8) is 0 Å². The van der Waals surface area contributed by atoms with Crippen molar-refractivity contribution >= 4 is 5.71 Å². The normalized spacial score (nSPS) is 38.9. The van der Waals surface area contributed by atoms with Gasteiger partial charge in [-0.25, -0.2) is 0 Å². The number of fused-ring (bicyclic) bond motifs is 2. The Bertz CT molecular complexity index is 307. The van der Waals surface area contributed by atoms with Crippen molar-refractivity contribution < 1.29 is 10.2 Å². The molecule has 0 radical (unpaired) electrons. The molecule has 3 nitrogen and oxygen atoms in total. The van der Waals surface area contributed by atoms with E-state index in [0.717, 1.165) is 12.3 Å². The third-order valence-corrected chi connectivity index (χ3v) is 5.27. The fourth-order valence-corrected chi connectivity index (χ4v) is 3.48. The average Bonchev–Trinajstić information content (AvgIpc) is 2.58. The second-order valence-electron chi connectivity index (χ2n) is 6.09. The first kappa shape index (κ1) is 12.1. The molecule has 0 saturated heterocycles. The van der Waals surface area contributed by atoms with Crippen molar-refractivity contribution in [2.24, 2.45) is 21.7 Å². The van der Waals surface area contributed by atoms with Crippen LogP contribution < -0.4 is 0 Å². The zero-order chi connectivity index (χ0) is 12.0. The Hall–Kier alpha value is -0.410. The summed E-state index contributed by atoms with van der Waals surface area (Å²) in [6.45, 7) is 6.85. The molecule has 0 aromatic rings. The van der Waals surface area contributed by atoms with Crippen molar-refractivity contribution in [3.05, 3.63) is 0 Å². The quantitative estimate of drug-likeness (QED) is 0.767. The van der Waals surface area contributed by atoms with Crippen LogP contribution in [0.4, 0.5) is 0 Å². The molecule has 3 heteroatoms. The second-order valence-corrected chi connectivity index (χ2v) is 6.09. The highest BCUT2D eigenvalue weighted by molar-refractivity contribution is 5.94. The van der Waals surface area contributed by atoms with Gasteiger partial charge in [0.2, 0.25) is 0 Å². The van der Waals surface area contributed by atoms with Gasteiger partial charge in [-0.1, -0.05) is 20.8 Å². The van der Waals surface area contributed by atoms with Crippen molar-refractivity contribution in [3.8, 4) is 0 Å². The highest BCUT2D eigenvalue weighted by atomic mass is 16.3. The number of aliphatic imine (C=N–C) groups is 1. The largest absolute Gasteiger partial charge is 0.394 e. The van der Waals surface area contributed by atoms with E-state index in [0.29, 0.717) is 5.41 Å². The van der Waals surface area contributed by atoms with E-state index in [2.05, 4.69) is 25.8 Å². The van der Waals surface area contributed by atoms with Crippen LogP contribution in [0.2, 0.25) is 0 Å². The van der Waals surface area contributed by atoms with Gasteiger partial charge in [0.25, 0.3) is 0 Å². The first-order chi connectivity index (χ1) is 7.45. The summed E-state index contributed by atoms with van der Waals surface area (Å²) in [6.07, 6.45) is 3.55. The lowest BCUT2D eigenvalue weighted by Gasteiger charge is -2.35. The highest BCUT2D eigenvalue weighted by Crippen LogP contribution is 2.64. The lowest BCUT2D eigenvalue weighted by Crippen LogP contribution is -2.34. The van der Waals surface area contributed by atoms with Crippen LogP contribution in [0.3, 0.4) is 0 Å². The SMILES string of the molecule is CC12CCC(C/C1=N\C(CO)CO)C2(C)C. The lowest BCUT2D eigenvalue weighted by atomic mass is 9.70. The summed E-state index contributed by atoms with van der Waals surface area (Å²) in [7, 11) is 0. The topological polar surface area (TPSA) is 52.8 Å². The van der Waals surface area contributed by atoms with Gasteiger partial charge in [0.1, 0.15) is 0 Å². The van der Waals surface area contributed by atoms with Crippen molar-refractivity contribution in [1.29, 1.82) is 0 Å². The third-order valence-electron chi connectivity index (χ3n) is 5.27. The number of aliphatic hydroxyl groups is 2. The molecule has 2 atom stereocenters. The summed E-state index contributed by atoms with van der Waals surface area (Å²) >= 11 is 0. The maximum absolute atomic E-state index is 9.10. The number of hydrogen-bond donors (Lipinski definition) is 2. The van der Waals surface area contributed by atoms with Crippen LogP contribution in [0.1, 0.15) is 40.0 Å². The van der Waals surface area contributed by atoms with Crippen LogP contribution in [0.25, 0.3) is 0 Å². The Kier molecular flexibility index (Phi) is 2.87. The molecule has 2 unspecified atom stereocenters. The molecule has 0 spiro atoms. The van der Waals surface area contributed by atoms with Crippen molar-refractivity contribution in [2.45, 2.75) is 46.1 Å². The minimum absolute atomic E-state index is 0.0544. The molecule has 0 heterocycles. The van der Waals surface area contributed by atoms with Crippen LogP contribution in [-0.4, -0.2) is 35.2 Å². The third kappa shape index (κ3) is 1.45. The van der Waals surface area contributed by atoms with Crippen LogP contribution in [0, 0.1) is 16.7 Å². The molecule has 92 valence electrons. The van der Waals surface area contributed by atoms with Crippen LogP contribution in [0.15, 0.2) is 4.99 Å². The molecule has 16 heavy (non-hydrogen) atoms. The van der Waals surface area contributed by atoms with E-state index in [1.807, 2.05) is 0 Å². The standard InChI is InChI=1S/C13H23NO2/c1-12(2)9-4-5-13(12,3)11(6-9)14-10(7-15)8-16/h9-10,15-16H,4-8H2,1-3H3/b14-11+. The predicted molar refractivity (Wildman–Crippen MR) is 64.6 cm³/mol. The Morgan fingerprint density at radius 3 is 2.31 bits per heavy atom. The van der Waals surface area contributed by atoms with Crippen LogP contribution >= 0.6 is 0 Å². The van der Waals surface area contributed by atoms with Gasteiger partial charge < -0.3 is 10.2 Å². The van der Waals surface area contributed by atoms with Crippen molar-refractivity contribution in [2.75, 3.05) is 13.2 Å². The van der Waals surface area contributed by atoms with E-state index in [4.69, 9.17) is 10.2 Å². The number of aliphatic hydroxyl groups excluding tert-OH is 2. The summed E-state index contributed by atoms with van der Waals surface area (Å²) in [4.78, 5) is 4.58. The molecule has 2 saturated carbocycles. The van der Waals surface area contributed by atoms with E-state index in [1.54, 1.807) is 0 Å². The summed E-state index contributed by atoms with van der Waals surface area (Å²) in [5.74, 6) is 0.731. The Labute approximate surface area is 97.6 Å². The van der Waals surface area contributed by atoms with Gasteiger partial charge in [-0.3, -0.25) is 4.99 Å². The molecule has 0 aromatic heterocycles. The number of hydrogen-bond acceptors (Lipinski definition) is 3. The Morgan fingerprint density at radius 2 is 1.94 bits per heavy atom. The fraction of sp³-hybridized carbons (Fsp3) is 0.923. The van der Waals surface area contributed by atoms with Gasteiger partial charge in [0.05, 0.1) is 19.3 Å². The number of nitrogens with zero attached hydrogens (tertiary/aromatic N) is 1. The molecule has 0 aliphatic heterocycles. The first-order valence-electron chi connectivity index (χ1n) is 6.24. The predicted octanol–water partition coefficient (Wildman–Crippen LogP) is 1.63. The second kappa shape index (κ2) is 3.81. The minimum Gasteiger partial charge on any atom is -0.394 e. The van der Waals surface area contributed by atoms with E-state index >= 15 is 0 Å². The molecule has 2 fully saturated rings. The van der Waals surface area contributed by atoms with E-state index in [1.165, 1.54) is 18.6 Å². The average molecular weight is 225 g/mol. The smallest absolute Gasteiger partial charge is 0.0960 e. The summed E-state index contributed by atoms with van der Waals surface area (Å²) in [5.41, 5.74) is 1.73. The summed E-state index contributed by atoms with van der Waals surface area (Å²) in [5, 5.41) is 18.2. The van der Waals surface area contributed by atoms with Gasteiger partial charge in [0, 0.05) is 11.1 Å². The maximum atomic E-state index is 9.10. The summed E-state index contributed by atoms with van der Waals surface area (Å²) in [6, 6.07) is -0.318. The molecular weight excluding hydrogens is 202 g/mol. The van der Waals surface area contributed by atoms with Gasteiger partial charge in [0.15, 0.2) is 0 Å². The molecule has 2 aliphatic carbocycles. The fourth-order valence-electron chi connectivity index (χ4n) is 3.48. The van der Waals surface area contributed by atoms with Gasteiger partial charge in [-0.05, 0) is 30.6 Å². The molecule has 2 N–H and O–H groups in total. The molecule has 0 aromatic carbocycles. The van der Waals surface area contributed by atoms with E-state index in [9.17, 15) is 0 Å². The molecule has 2 bridgehead atoms. The van der Waals surface area contributed by atoms with Crippen LogP contribution in [-0.2, 0) is 0 Å². The minimum atomic E-state index is -0.318. The van der Waals surface area contributed by atoms with Crippen molar-refractivity contribution in [1.82, 2.24) is 0 Å².